The van der Waals surface area contributed by atoms with Crippen molar-refractivity contribution >= 4 is 11.8 Å². The van der Waals surface area contributed by atoms with Gasteiger partial charge in [0.15, 0.2) is 0 Å². The van der Waals surface area contributed by atoms with Crippen molar-refractivity contribution in [1.29, 1.82) is 0 Å². The van der Waals surface area contributed by atoms with Gasteiger partial charge in [-0.3, -0.25) is 9.59 Å². The summed E-state index contributed by atoms with van der Waals surface area (Å²) in [7, 11) is 1.46. The third-order valence-electron chi connectivity index (χ3n) is 11.6. The third kappa shape index (κ3) is 3.72. The van der Waals surface area contributed by atoms with Crippen molar-refractivity contribution in [3.63, 3.8) is 0 Å². The molecular formula is C32H48O4. The Bertz CT molecular complexity index is 1020. The molecule has 0 bridgehead atoms. The summed E-state index contributed by atoms with van der Waals surface area (Å²) in [5, 5.41) is 11.6. The Hall–Kier alpha value is -1.68. The van der Waals surface area contributed by atoms with Gasteiger partial charge in [-0.05, 0) is 72.3 Å². The number of rotatable bonds is 6. The van der Waals surface area contributed by atoms with Gasteiger partial charge in [0, 0.05) is 23.2 Å². The number of methoxy groups -OCH3 is 1. The molecule has 0 amide bonds. The Balaban J connectivity index is 1.74. The monoisotopic (exact) mass is 496 g/mol. The maximum Gasteiger partial charge on any atom is 0.309 e. The van der Waals surface area contributed by atoms with Crippen molar-refractivity contribution in [3.05, 3.63) is 35.5 Å². The smallest absolute Gasteiger partial charge is 0.309 e. The molecule has 36 heavy (non-hydrogen) atoms. The number of carbonyl (C=O) groups is 2. The van der Waals surface area contributed by atoms with Crippen LogP contribution in [0.1, 0.15) is 93.4 Å². The quantitative estimate of drug-likeness (QED) is 0.323. The first-order valence-corrected chi connectivity index (χ1v) is 14.0. The van der Waals surface area contributed by atoms with Crippen LogP contribution in [0.25, 0.3) is 0 Å². The summed E-state index contributed by atoms with van der Waals surface area (Å²) in [6, 6.07) is 0. The lowest BCUT2D eigenvalue weighted by atomic mass is 9.44. The van der Waals surface area contributed by atoms with E-state index in [2.05, 4.69) is 67.2 Å². The molecule has 0 heterocycles. The molecule has 2 saturated carbocycles. The first kappa shape index (κ1) is 27.4. The Kier molecular flexibility index (Phi) is 6.81. The van der Waals surface area contributed by atoms with Crippen molar-refractivity contribution < 1.29 is 19.4 Å². The summed E-state index contributed by atoms with van der Waals surface area (Å²) < 4.78 is 5.31. The topological polar surface area (TPSA) is 63.6 Å². The van der Waals surface area contributed by atoms with Crippen LogP contribution in [-0.2, 0) is 14.3 Å². The lowest BCUT2D eigenvalue weighted by Crippen LogP contribution is -2.53. The average molecular weight is 497 g/mol. The van der Waals surface area contributed by atoms with Gasteiger partial charge in [-0.1, -0.05) is 72.8 Å². The van der Waals surface area contributed by atoms with Gasteiger partial charge in [0.05, 0.1) is 19.1 Å². The molecular weight excluding hydrogens is 448 g/mol. The summed E-state index contributed by atoms with van der Waals surface area (Å²) in [5.74, 6) is 0.291. The van der Waals surface area contributed by atoms with E-state index in [1.807, 2.05) is 0 Å². The van der Waals surface area contributed by atoms with Crippen molar-refractivity contribution in [2.24, 2.45) is 45.3 Å². The van der Waals surface area contributed by atoms with Gasteiger partial charge in [-0.2, -0.15) is 0 Å². The Morgan fingerprint density at radius 1 is 1.17 bits per heavy atom. The molecule has 0 aromatic carbocycles. The number of esters is 1. The third-order valence-corrected chi connectivity index (χ3v) is 11.6. The molecule has 200 valence electrons. The average Bonchev–Trinajstić information content (AvgIpc) is 3.02. The van der Waals surface area contributed by atoms with E-state index >= 15 is 0 Å². The Morgan fingerprint density at radius 3 is 2.44 bits per heavy atom. The molecule has 0 saturated heterocycles. The fourth-order valence-electron chi connectivity index (χ4n) is 8.86. The van der Waals surface area contributed by atoms with Crippen LogP contribution >= 0.6 is 0 Å². The number of aliphatic hydroxyl groups excluding tert-OH is 1. The van der Waals surface area contributed by atoms with Crippen LogP contribution in [0.2, 0.25) is 0 Å². The maximum absolute atomic E-state index is 13.1. The minimum Gasteiger partial charge on any atom is -0.469 e. The Morgan fingerprint density at radius 2 is 1.83 bits per heavy atom. The summed E-state index contributed by atoms with van der Waals surface area (Å²) in [5.41, 5.74) is 3.03. The molecule has 1 N–H and O–H groups in total. The van der Waals surface area contributed by atoms with Crippen molar-refractivity contribution in [2.75, 3.05) is 7.11 Å². The molecule has 4 aliphatic rings. The lowest BCUT2D eigenvalue weighted by molar-refractivity contribution is -0.152. The number of hydrogen-bond donors (Lipinski definition) is 1. The minimum atomic E-state index is -0.569. The van der Waals surface area contributed by atoms with E-state index < -0.39 is 6.10 Å². The van der Waals surface area contributed by atoms with E-state index in [1.165, 1.54) is 18.3 Å². The second-order valence-corrected chi connectivity index (χ2v) is 13.8. The second kappa shape index (κ2) is 8.96. The zero-order chi connectivity index (χ0) is 26.8. The second-order valence-electron chi connectivity index (χ2n) is 13.8. The highest BCUT2D eigenvalue weighted by Gasteiger charge is 2.66. The SMILES string of the molecule is C=C(CC[C@@H](C(=O)OC)[C@H]1[C@H](O)C[C@@]2(C)C3=CC[C@@H]4C(C)(C)C(=O)CC[C@]4(C)C3=CC[C@]12C)C(C)C. The summed E-state index contributed by atoms with van der Waals surface area (Å²) in [6.45, 7) is 19.7. The van der Waals surface area contributed by atoms with Gasteiger partial charge in [0.1, 0.15) is 5.78 Å². The standard InChI is InChI=1S/C32H48O4/c1-19(2)20(3)10-11-21(28(35)36-9)27-24(33)18-32(8)23-12-13-25-29(4,5)26(34)15-16-30(25,6)22(23)14-17-31(27,32)7/h12,14,19,21,24-25,27,33H,3,10-11,13,15-18H2,1-2,4-9H3/t21-,24-,25-,27+,30-,31-,32+/m1/s1. The number of fused-ring (bicyclic) bond motifs is 5. The number of aliphatic hydroxyl groups is 1. The molecule has 4 aliphatic carbocycles. The maximum atomic E-state index is 13.1. The number of ketones is 1. The molecule has 0 aliphatic heterocycles. The van der Waals surface area contributed by atoms with E-state index in [0.717, 1.165) is 31.3 Å². The van der Waals surface area contributed by atoms with Crippen molar-refractivity contribution in [2.45, 2.75) is 99.5 Å². The summed E-state index contributed by atoms with van der Waals surface area (Å²) in [6.07, 6.45) is 9.55. The van der Waals surface area contributed by atoms with Gasteiger partial charge < -0.3 is 9.84 Å². The minimum absolute atomic E-state index is 0.0361. The number of allylic oxidation sites excluding steroid dienone is 5. The van der Waals surface area contributed by atoms with Gasteiger partial charge >= 0.3 is 5.97 Å². The molecule has 0 unspecified atom stereocenters. The fraction of sp³-hybridized carbons (Fsp3) is 0.750. The van der Waals surface area contributed by atoms with Crippen LogP contribution in [0, 0.1) is 45.3 Å². The van der Waals surface area contributed by atoms with E-state index in [0.29, 0.717) is 36.9 Å². The number of hydrogen-bond acceptors (Lipinski definition) is 4. The zero-order valence-electron chi connectivity index (χ0n) is 23.9. The number of carbonyl (C=O) groups excluding carboxylic acids is 2. The van der Waals surface area contributed by atoms with Gasteiger partial charge in [0.2, 0.25) is 0 Å². The zero-order valence-corrected chi connectivity index (χ0v) is 23.9. The highest BCUT2D eigenvalue weighted by atomic mass is 16.5. The first-order chi connectivity index (χ1) is 16.6. The summed E-state index contributed by atoms with van der Waals surface area (Å²) in [4.78, 5) is 26.0. The predicted molar refractivity (Wildman–Crippen MR) is 144 cm³/mol. The highest BCUT2D eigenvalue weighted by Crippen LogP contribution is 2.71. The molecule has 0 radical (unpaired) electrons. The molecule has 0 spiro atoms. The van der Waals surface area contributed by atoms with Crippen molar-refractivity contribution in [3.8, 4) is 0 Å². The van der Waals surface area contributed by atoms with Gasteiger partial charge in [-0.25, -0.2) is 0 Å². The van der Waals surface area contributed by atoms with Gasteiger partial charge in [0.25, 0.3) is 0 Å². The molecule has 7 atom stereocenters. The number of Topliss-reactive ketones (excluding diaryl/α,β-unsaturated/α-hetero) is 1. The van der Waals surface area contributed by atoms with Crippen LogP contribution < -0.4 is 0 Å². The molecule has 4 heteroatoms. The van der Waals surface area contributed by atoms with Crippen LogP contribution in [-0.4, -0.2) is 30.1 Å². The van der Waals surface area contributed by atoms with Crippen LogP contribution in [0.4, 0.5) is 0 Å². The first-order valence-electron chi connectivity index (χ1n) is 14.0. The van der Waals surface area contributed by atoms with Crippen LogP contribution in [0.5, 0.6) is 0 Å². The van der Waals surface area contributed by atoms with Gasteiger partial charge in [-0.15, -0.1) is 0 Å². The van der Waals surface area contributed by atoms with Crippen LogP contribution in [0.15, 0.2) is 35.5 Å². The van der Waals surface area contributed by atoms with Crippen molar-refractivity contribution in [1.82, 2.24) is 0 Å². The molecule has 4 rings (SSSR count). The fourth-order valence-corrected chi connectivity index (χ4v) is 8.86. The normalized spacial score (nSPS) is 39.9. The lowest BCUT2D eigenvalue weighted by Gasteiger charge is -2.59. The summed E-state index contributed by atoms with van der Waals surface area (Å²) >= 11 is 0. The number of ether oxygens (including phenoxy) is 1. The largest absolute Gasteiger partial charge is 0.469 e. The Labute approximate surface area is 218 Å². The van der Waals surface area contributed by atoms with E-state index in [4.69, 9.17) is 4.74 Å². The molecule has 0 aromatic rings. The van der Waals surface area contributed by atoms with Crippen LogP contribution in [0.3, 0.4) is 0 Å². The molecule has 2 fully saturated rings. The highest BCUT2D eigenvalue weighted by molar-refractivity contribution is 5.86. The molecule has 0 aromatic heterocycles. The predicted octanol–water partition coefficient (Wildman–Crippen LogP) is 6.83. The van der Waals surface area contributed by atoms with E-state index in [9.17, 15) is 14.7 Å². The van der Waals surface area contributed by atoms with E-state index in [-0.39, 0.29) is 39.5 Å². The molecule has 4 nitrogen and oxygen atoms in total. The van der Waals surface area contributed by atoms with E-state index in [1.54, 1.807) is 0 Å².